The number of piperidine rings is 1. The van der Waals surface area contributed by atoms with Gasteiger partial charge in [0.05, 0.1) is 11.3 Å². The van der Waals surface area contributed by atoms with E-state index >= 15 is 0 Å². The van der Waals surface area contributed by atoms with Crippen LogP contribution in [-0.4, -0.2) is 34.4 Å². The van der Waals surface area contributed by atoms with Gasteiger partial charge in [-0.25, -0.2) is 0 Å². The van der Waals surface area contributed by atoms with Gasteiger partial charge in [0.2, 0.25) is 5.88 Å². The first kappa shape index (κ1) is 14.9. The van der Waals surface area contributed by atoms with Crippen LogP contribution in [0.25, 0.3) is 0 Å². The van der Waals surface area contributed by atoms with Crippen LogP contribution in [0.2, 0.25) is 0 Å². The van der Waals surface area contributed by atoms with Gasteiger partial charge in [0.1, 0.15) is 11.4 Å². The average molecular weight is 279 g/mol. The zero-order valence-corrected chi connectivity index (χ0v) is 12.8. The maximum Gasteiger partial charge on any atom is 0.239 e. The highest BCUT2D eigenvalue weighted by atomic mass is 16.5. The number of pyridine rings is 1. The molecule has 0 radical (unpaired) electrons. The molecule has 112 valence electrons. The Kier molecular flexibility index (Phi) is 3.82. The van der Waals surface area contributed by atoms with Crippen LogP contribution in [0.5, 0.6) is 5.88 Å². The molecule has 1 saturated heterocycles. The second-order valence-corrected chi connectivity index (χ2v) is 6.76. The van der Waals surface area contributed by atoms with E-state index in [1.807, 2.05) is 39.8 Å². The van der Waals surface area contributed by atoms with Gasteiger partial charge in [-0.3, -0.25) is 0 Å². The molecule has 1 aliphatic rings. The minimum atomic E-state index is -0.560. The van der Waals surface area contributed by atoms with Crippen molar-refractivity contribution in [2.45, 2.75) is 51.7 Å². The lowest BCUT2D eigenvalue weighted by molar-refractivity contribution is 0.0350. The summed E-state index contributed by atoms with van der Waals surface area (Å²) in [6, 6.07) is 3.74. The molecule has 0 saturated carbocycles. The number of hydrogen-bond donors (Lipinski definition) is 2. The zero-order chi connectivity index (χ0) is 15.0. The maximum atomic E-state index is 10.00. The Bertz CT molecular complexity index is 470. The van der Waals surface area contributed by atoms with Crippen LogP contribution in [0.3, 0.4) is 0 Å². The van der Waals surface area contributed by atoms with Gasteiger partial charge in [0, 0.05) is 13.1 Å². The maximum absolute atomic E-state index is 10.00. The number of nitrogen functional groups attached to an aromatic ring is 1. The van der Waals surface area contributed by atoms with E-state index in [9.17, 15) is 5.11 Å². The van der Waals surface area contributed by atoms with Crippen LogP contribution < -0.4 is 15.4 Å². The number of aromatic nitrogens is 1. The van der Waals surface area contributed by atoms with Crippen molar-refractivity contribution < 1.29 is 9.84 Å². The fourth-order valence-corrected chi connectivity index (χ4v) is 2.21. The summed E-state index contributed by atoms with van der Waals surface area (Å²) in [6.45, 7) is 9.38. The Morgan fingerprint density at radius 1 is 1.30 bits per heavy atom. The van der Waals surface area contributed by atoms with Gasteiger partial charge in [-0.1, -0.05) is 0 Å². The van der Waals surface area contributed by atoms with E-state index in [4.69, 9.17) is 10.5 Å². The fourth-order valence-electron chi connectivity index (χ4n) is 2.21. The Labute approximate surface area is 120 Å². The molecule has 1 aromatic heterocycles. The summed E-state index contributed by atoms with van der Waals surface area (Å²) in [5.74, 6) is 1.33. The van der Waals surface area contributed by atoms with E-state index in [2.05, 4.69) is 9.88 Å². The molecule has 3 N–H and O–H groups in total. The highest BCUT2D eigenvalue weighted by Crippen LogP contribution is 2.29. The van der Waals surface area contributed by atoms with Gasteiger partial charge in [-0.15, -0.1) is 0 Å². The SMILES string of the molecule is CC1(O)CCN(c2ccc(N)c(OC(C)(C)C)n2)CC1. The van der Waals surface area contributed by atoms with Gasteiger partial charge < -0.3 is 20.5 Å². The molecule has 0 unspecified atom stereocenters. The lowest BCUT2D eigenvalue weighted by Crippen LogP contribution is -2.42. The zero-order valence-electron chi connectivity index (χ0n) is 12.8. The highest BCUT2D eigenvalue weighted by molar-refractivity contribution is 5.55. The molecule has 0 aromatic carbocycles. The Morgan fingerprint density at radius 3 is 2.45 bits per heavy atom. The summed E-state index contributed by atoms with van der Waals surface area (Å²) >= 11 is 0. The average Bonchev–Trinajstić information content (AvgIpc) is 2.30. The van der Waals surface area contributed by atoms with Crippen molar-refractivity contribution in [3.63, 3.8) is 0 Å². The molecule has 0 aliphatic carbocycles. The Morgan fingerprint density at radius 2 is 1.90 bits per heavy atom. The number of nitrogens with two attached hydrogens (primary N) is 1. The van der Waals surface area contributed by atoms with Gasteiger partial charge >= 0.3 is 0 Å². The van der Waals surface area contributed by atoms with Crippen LogP contribution in [0.4, 0.5) is 11.5 Å². The van der Waals surface area contributed by atoms with Crippen LogP contribution in [0.1, 0.15) is 40.5 Å². The van der Waals surface area contributed by atoms with Crippen molar-refractivity contribution in [1.29, 1.82) is 0 Å². The number of hydrogen-bond acceptors (Lipinski definition) is 5. The number of aliphatic hydroxyl groups is 1. The number of rotatable bonds is 2. The molecule has 1 aromatic rings. The van der Waals surface area contributed by atoms with Crippen molar-refractivity contribution in [2.24, 2.45) is 0 Å². The quantitative estimate of drug-likeness (QED) is 0.868. The Balaban J connectivity index is 2.15. The summed E-state index contributed by atoms with van der Waals surface area (Å²) in [5.41, 5.74) is 5.58. The first-order chi connectivity index (χ1) is 9.16. The van der Waals surface area contributed by atoms with E-state index in [0.29, 0.717) is 11.6 Å². The van der Waals surface area contributed by atoms with E-state index in [1.54, 1.807) is 0 Å². The molecular formula is C15H25N3O2. The van der Waals surface area contributed by atoms with Crippen LogP contribution >= 0.6 is 0 Å². The fraction of sp³-hybridized carbons (Fsp3) is 0.667. The molecule has 0 bridgehead atoms. The van der Waals surface area contributed by atoms with E-state index in [0.717, 1.165) is 31.7 Å². The molecule has 5 heteroatoms. The predicted octanol–water partition coefficient (Wildman–Crippen LogP) is 2.19. The number of ether oxygens (including phenoxy) is 1. The van der Waals surface area contributed by atoms with Crippen LogP contribution in [0, 0.1) is 0 Å². The minimum Gasteiger partial charge on any atom is -0.470 e. The van der Waals surface area contributed by atoms with Crippen molar-refractivity contribution >= 4 is 11.5 Å². The standard InChI is InChI=1S/C15H25N3O2/c1-14(2,3)20-13-11(16)5-6-12(17-13)18-9-7-15(4,19)8-10-18/h5-6,19H,7-10,16H2,1-4H3. The van der Waals surface area contributed by atoms with Gasteiger partial charge in [-0.05, 0) is 52.7 Å². The third-order valence-corrected chi connectivity index (χ3v) is 3.44. The second-order valence-electron chi connectivity index (χ2n) is 6.76. The summed E-state index contributed by atoms with van der Waals surface area (Å²) in [7, 11) is 0. The monoisotopic (exact) mass is 279 g/mol. The summed E-state index contributed by atoms with van der Waals surface area (Å²) < 4.78 is 5.79. The van der Waals surface area contributed by atoms with Crippen LogP contribution in [0.15, 0.2) is 12.1 Å². The molecule has 20 heavy (non-hydrogen) atoms. The number of nitrogens with zero attached hydrogens (tertiary/aromatic N) is 2. The smallest absolute Gasteiger partial charge is 0.239 e. The molecule has 1 fully saturated rings. The number of anilines is 2. The Hall–Kier alpha value is -1.49. The van der Waals surface area contributed by atoms with Crippen molar-refractivity contribution in [2.75, 3.05) is 23.7 Å². The third-order valence-electron chi connectivity index (χ3n) is 3.44. The largest absolute Gasteiger partial charge is 0.470 e. The van der Waals surface area contributed by atoms with E-state index in [-0.39, 0.29) is 5.60 Å². The molecule has 2 heterocycles. The third kappa shape index (κ3) is 3.76. The first-order valence-corrected chi connectivity index (χ1v) is 7.09. The molecule has 2 rings (SSSR count). The lowest BCUT2D eigenvalue weighted by Gasteiger charge is -2.36. The first-order valence-electron chi connectivity index (χ1n) is 7.09. The van der Waals surface area contributed by atoms with Gasteiger partial charge in [0.15, 0.2) is 0 Å². The highest BCUT2D eigenvalue weighted by Gasteiger charge is 2.28. The predicted molar refractivity (Wildman–Crippen MR) is 81.1 cm³/mol. The topological polar surface area (TPSA) is 71.6 Å². The summed E-state index contributed by atoms with van der Waals surface area (Å²) in [6.07, 6.45) is 1.49. The summed E-state index contributed by atoms with van der Waals surface area (Å²) in [5, 5.41) is 10.00. The van der Waals surface area contributed by atoms with Crippen LogP contribution in [-0.2, 0) is 0 Å². The van der Waals surface area contributed by atoms with Crippen molar-refractivity contribution in [3.05, 3.63) is 12.1 Å². The van der Waals surface area contributed by atoms with Gasteiger partial charge in [0.25, 0.3) is 0 Å². The molecule has 0 atom stereocenters. The molecule has 0 amide bonds. The minimum absolute atomic E-state index is 0.328. The second kappa shape index (κ2) is 5.13. The summed E-state index contributed by atoms with van der Waals surface area (Å²) in [4.78, 5) is 6.69. The van der Waals surface area contributed by atoms with E-state index < -0.39 is 5.60 Å². The van der Waals surface area contributed by atoms with Crippen molar-refractivity contribution in [3.8, 4) is 5.88 Å². The molecule has 1 aliphatic heterocycles. The van der Waals surface area contributed by atoms with Crippen molar-refractivity contribution in [1.82, 2.24) is 4.98 Å². The molecule has 0 spiro atoms. The lowest BCUT2D eigenvalue weighted by atomic mass is 9.94. The molecular weight excluding hydrogens is 254 g/mol. The molecule has 5 nitrogen and oxygen atoms in total. The van der Waals surface area contributed by atoms with E-state index in [1.165, 1.54) is 0 Å². The normalized spacial score (nSPS) is 18.9. The van der Waals surface area contributed by atoms with Gasteiger partial charge in [-0.2, -0.15) is 4.98 Å².